The van der Waals surface area contributed by atoms with Gasteiger partial charge in [0, 0.05) is 35.2 Å². The lowest BCUT2D eigenvalue weighted by atomic mass is 10.0. The van der Waals surface area contributed by atoms with Crippen LogP contribution in [0.25, 0.3) is 21.5 Å². The minimum absolute atomic E-state index is 0.0190. The number of amides is 1. The normalized spacial score (nSPS) is 10.7. The van der Waals surface area contributed by atoms with E-state index in [0.29, 0.717) is 21.7 Å². The van der Waals surface area contributed by atoms with E-state index in [1.807, 2.05) is 30.3 Å². The first-order valence-electron chi connectivity index (χ1n) is 18.0. The largest absolute Gasteiger partial charge is 0.477 e. The van der Waals surface area contributed by atoms with Crippen LogP contribution in [0.1, 0.15) is 37.4 Å². The maximum absolute atomic E-state index is 14.1. The van der Waals surface area contributed by atoms with Crippen molar-refractivity contribution < 1.29 is 37.9 Å². The molecule has 0 aliphatic carbocycles. The van der Waals surface area contributed by atoms with Crippen LogP contribution in [0.3, 0.4) is 0 Å². The lowest BCUT2D eigenvalue weighted by Gasteiger charge is -2.15. The molecule has 2 N–H and O–H groups in total. The number of aromatic nitrogens is 2. The predicted octanol–water partition coefficient (Wildman–Crippen LogP) is 8.56. The number of carbonyl (C=O) groups excluding carboxylic acids is 2. The van der Waals surface area contributed by atoms with Crippen LogP contribution in [0, 0.1) is 5.82 Å². The molecule has 7 aromatic rings. The molecule has 0 saturated heterocycles. The Labute approximate surface area is 341 Å². The molecule has 2 heterocycles. The summed E-state index contributed by atoms with van der Waals surface area (Å²) in [5, 5.41) is 13.4. The minimum Gasteiger partial charge on any atom is -0.477 e. The second kappa shape index (κ2) is 19.1. The van der Waals surface area contributed by atoms with Gasteiger partial charge >= 0.3 is 18.0 Å². The van der Waals surface area contributed by atoms with E-state index in [1.54, 1.807) is 84.9 Å². The summed E-state index contributed by atoms with van der Waals surface area (Å²) in [5.74, 6) is -3.49. The molecule has 0 fully saturated rings. The number of anilines is 1. The van der Waals surface area contributed by atoms with Crippen LogP contribution in [-0.2, 0) is 29.4 Å². The number of aryl methyl sites for hydroxylation is 1. The van der Waals surface area contributed by atoms with E-state index in [0.717, 1.165) is 16.2 Å². The van der Waals surface area contributed by atoms with Crippen LogP contribution >= 0.6 is 7.29 Å². The number of esters is 1. The van der Waals surface area contributed by atoms with Crippen LogP contribution in [0.5, 0.6) is 5.75 Å². The standard InChI is InChI=1S/C32H24FN3O7.C12H10N3OP/c1-36-25-15-20(14-22-12-13-23(33)16-24(22)35-32(41)42-18-19-8-4-2-5-9-19)17-34-27(25)28(26(29(36)37)30(38)39)43-31(40)21-10-6-3-7-11-21;13-14-15-17(16,11-7-3-1-4-8-11)12-9-5-2-6-10-12/h2-13,15-17H,14,18H2,1H3,(H,35,41)(H,38,39);1-10H. The summed E-state index contributed by atoms with van der Waals surface area (Å²) < 4.78 is 38.7. The molecule has 1 amide bonds. The number of benzene rings is 5. The first-order chi connectivity index (χ1) is 29.0. The molecule has 0 bridgehead atoms. The van der Waals surface area contributed by atoms with Gasteiger partial charge in [-0.2, -0.15) is 0 Å². The summed E-state index contributed by atoms with van der Waals surface area (Å²) in [6.45, 7) is 0.0233. The molecule has 0 saturated carbocycles. The summed E-state index contributed by atoms with van der Waals surface area (Å²) >= 11 is 0. The molecule has 0 spiro atoms. The van der Waals surface area contributed by atoms with Gasteiger partial charge in [-0.05, 0) is 57.4 Å². The summed E-state index contributed by atoms with van der Waals surface area (Å²) in [6.07, 6.45) is 0.783. The summed E-state index contributed by atoms with van der Waals surface area (Å²) in [4.78, 5) is 61.0. The van der Waals surface area contributed by atoms with E-state index < -0.39 is 48.0 Å². The molecule has 16 heteroatoms. The number of halogens is 1. The third-order valence-corrected chi connectivity index (χ3v) is 11.3. The van der Waals surface area contributed by atoms with Crippen molar-refractivity contribution in [3.05, 3.63) is 206 Å². The molecule has 0 unspecified atom stereocenters. The Morgan fingerprint density at radius 2 is 1.43 bits per heavy atom. The first kappa shape index (κ1) is 41.8. The fourth-order valence-electron chi connectivity index (χ4n) is 6.01. The van der Waals surface area contributed by atoms with Crippen LogP contribution in [0.15, 0.2) is 161 Å². The van der Waals surface area contributed by atoms with Crippen molar-refractivity contribution in [3.63, 3.8) is 0 Å². The number of carboxylic acid groups (broad SMARTS) is 1. The number of azide groups is 1. The lowest BCUT2D eigenvalue weighted by Crippen LogP contribution is -2.27. The molecular formula is C44H34FN6O8P. The zero-order chi connectivity index (χ0) is 42.6. The van der Waals surface area contributed by atoms with E-state index in [1.165, 1.54) is 37.5 Å². The summed E-state index contributed by atoms with van der Waals surface area (Å²) in [5.41, 5.74) is 9.31. The number of carbonyl (C=O) groups is 3. The number of hydrogen-bond donors (Lipinski definition) is 2. The van der Waals surface area contributed by atoms with E-state index in [-0.39, 0.29) is 35.3 Å². The highest BCUT2D eigenvalue weighted by Gasteiger charge is 2.27. The molecule has 0 aliphatic rings. The smallest absolute Gasteiger partial charge is 0.411 e. The summed E-state index contributed by atoms with van der Waals surface area (Å²) in [7, 11) is -1.84. The predicted molar refractivity (Wildman–Crippen MR) is 224 cm³/mol. The Morgan fingerprint density at radius 3 is 2.02 bits per heavy atom. The fourth-order valence-corrected chi connectivity index (χ4v) is 7.78. The van der Waals surface area contributed by atoms with Crippen LogP contribution in [0.4, 0.5) is 14.9 Å². The fraction of sp³-hybridized carbons (Fsp3) is 0.0682. The van der Waals surface area contributed by atoms with Crippen molar-refractivity contribution in [1.82, 2.24) is 9.55 Å². The van der Waals surface area contributed by atoms with Crippen molar-refractivity contribution in [2.24, 2.45) is 11.9 Å². The molecule has 0 atom stereocenters. The Hall–Kier alpha value is -7.86. The van der Waals surface area contributed by atoms with E-state index in [2.05, 4.69) is 20.1 Å². The van der Waals surface area contributed by atoms with Crippen molar-refractivity contribution in [1.29, 1.82) is 0 Å². The quantitative estimate of drug-likeness (QED) is 0.0421. The van der Waals surface area contributed by atoms with Gasteiger partial charge in [-0.1, -0.05) is 115 Å². The Kier molecular flexibility index (Phi) is 13.3. The van der Waals surface area contributed by atoms with Gasteiger partial charge in [-0.3, -0.25) is 15.1 Å². The third kappa shape index (κ3) is 9.80. The molecule has 2 aromatic heterocycles. The van der Waals surface area contributed by atoms with Gasteiger partial charge in [0.1, 0.15) is 17.9 Å². The number of carboxylic acids is 1. The van der Waals surface area contributed by atoms with Gasteiger partial charge in [0.15, 0.2) is 11.3 Å². The van der Waals surface area contributed by atoms with Crippen molar-refractivity contribution >= 4 is 52.7 Å². The zero-order valence-electron chi connectivity index (χ0n) is 31.7. The molecule has 14 nitrogen and oxygen atoms in total. The molecule has 0 radical (unpaired) electrons. The Bertz CT molecular complexity index is 2800. The van der Waals surface area contributed by atoms with Gasteiger partial charge in [-0.15, -0.1) is 0 Å². The second-order valence-corrected chi connectivity index (χ2v) is 15.3. The van der Waals surface area contributed by atoms with Crippen molar-refractivity contribution in [3.8, 4) is 5.75 Å². The maximum atomic E-state index is 14.1. The average molecular weight is 825 g/mol. The molecule has 300 valence electrons. The van der Waals surface area contributed by atoms with Crippen LogP contribution in [0.2, 0.25) is 0 Å². The highest BCUT2D eigenvalue weighted by Crippen LogP contribution is 2.45. The highest BCUT2D eigenvalue weighted by molar-refractivity contribution is 7.77. The van der Waals surface area contributed by atoms with Gasteiger partial charge < -0.3 is 23.7 Å². The highest BCUT2D eigenvalue weighted by atomic mass is 31.2. The SMILES string of the molecule is Cn1c(=O)c(C(=O)O)c(OC(=O)c2ccccc2)c2ncc(Cc3ccc(F)cc3NC(=O)OCc3ccccc3)cc21.[N-]=[N+]=NP(=O)(c1ccccc1)c1ccccc1. The van der Waals surface area contributed by atoms with E-state index >= 15 is 0 Å². The molecule has 5 aromatic carbocycles. The van der Waals surface area contributed by atoms with Crippen molar-refractivity contribution in [2.45, 2.75) is 13.0 Å². The minimum atomic E-state index is -3.22. The van der Waals surface area contributed by atoms with Crippen LogP contribution in [-0.4, -0.2) is 32.7 Å². The van der Waals surface area contributed by atoms with Gasteiger partial charge in [-0.25, -0.2) is 18.8 Å². The average Bonchev–Trinajstić information content (AvgIpc) is 3.27. The molecule has 7 rings (SSSR count). The van der Waals surface area contributed by atoms with Crippen LogP contribution < -0.4 is 26.2 Å². The third-order valence-electron chi connectivity index (χ3n) is 8.96. The number of nitrogens with zero attached hydrogens (tertiary/aromatic N) is 5. The monoisotopic (exact) mass is 824 g/mol. The van der Waals surface area contributed by atoms with E-state index in [9.17, 15) is 33.2 Å². The molecular weight excluding hydrogens is 790 g/mol. The second-order valence-electron chi connectivity index (χ2n) is 12.9. The number of fused-ring (bicyclic) bond motifs is 1. The number of hydrogen-bond acceptors (Lipinski definition) is 8. The summed E-state index contributed by atoms with van der Waals surface area (Å²) in [6, 6.07) is 40.0. The maximum Gasteiger partial charge on any atom is 0.411 e. The topological polar surface area (TPSA) is 203 Å². The van der Waals surface area contributed by atoms with Gasteiger partial charge in [0.25, 0.3) is 5.56 Å². The van der Waals surface area contributed by atoms with Gasteiger partial charge in [0.05, 0.1) is 16.8 Å². The number of rotatable bonds is 11. The first-order valence-corrected chi connectivity index (χ1v) is 19.7. The van der Waals surface area contributed by atoms with Crippen molar-refractivity contribution in [2.75, 3.05) is 5.32 Å². The Morgan fingerprint density at radius 1 is 0.850 bits per heavy atom. The number of ether oxygens (including phenoxy) is 2. The zero-order valence-corrected chi connectivity index (χ0v) is 32.6. The molecule has 60 heavy (non-hydrogen) atoms. The van der Waals surface area contributed by atoms with Gasteiger partial charge in [0.2, 0.25) is 7.29 Å². The van der Waals surface area contributed by atoms with E-state index in [4.69, 9.17) is 15.0 Å². The Balaban J connectivity index is 0.000000296. The number of pyridine rings is 2. The number of aromatic carboxylic acids is 1. The lowest BCUT2D eigenvalue weighted by molar-refractivity contribution is 0.0679. The molecule has 0 aliphatic heterocycles. The number of nitrogens with one attached hydrogen (secondary N) is 1.